The lowest BCUT2D eigenvalue weighted by Gasteiger charge is -2.46. The third kappa shape index (κ3) is 3.64. The van der Waals surface area contributed by atoms with Crippen molar-refractivity contribution in [2.24, 2.45) is 11.3 Å². The second-order valence-electron chi connectivity index (χ2n) is 6.59. The molecule has 2 unspecified atom stereocenters. The van der Waals surface area contributed by atoms with Crippen LogP contribution in [0.25, 0.3) is 0 Å². The standard InChI is InChI=1S/C15H30N2S/c1-4-16-14-13(6-5-7-15(14,2)3)12-17-8-10-18-11-9-17/h13-14,16H,4-12H2,1-3H3. The van der Waals surface area contributed by atoms with Crippen LogP contribution in [0.15, 0.2) is 0 Å². The topological polar surface area (TPSA) is 15.3 Å². The Hall–Kier alpha value is 0.270. The van der Waals surface area contributed by atoms with Gasteiger partial charge in [0.2, 0.25) is 0 Å². The molecule has 1 heterocycles. The zero-order valence-corrected chi connectivity index (χ0v) is 13.2. The fourth-order valence-corrected chi connectivity index (χ4v) is 4.73. The highest BCUT2D eigenvalue weighted by Gasteiger charge is 2.38. The number of nitrogens with zero attached hydrogens (tertiary/aromatic N) is 1. The van der Waals surface area contributed by atoms with Crippen LogP contribution in [0.2, 0.25) is 0 Å². The van der Waals surface area contributed by atoms with Crippen molar-refractivity contribution in [2.45, 2.75) is 46.1 Å². The maximum Gasteiger partial charge on any atom is 0.0159 e. The van der Waals surface area contributed by atoms with Gasteiger partial charge in [0, 0.05) is 37.2 Å². The summed E-state index contributed by atoms with van der Waals surface area (Å²) in [5.74, 6) is 3.53. The first-order chi connectivity index (χ1) is 8.63. The van der Waals surface area contributed by atoms with Gasteiger partial charge in [0.15, 0.2) is 0 Å². The van der Waals surface area contributed by atoms with Gasteiger partial charge in [-0.2, -0.15) is 11.8 Å². The molecule has 1 N–H and O–H groups in total. The predicted molar refractivity (Wildman–Crippen MR) is 82.4 cm³/mol. The second-order valence-corrected chi connectivity index (χ2v) is 7.81. The average Bonchev–Trinajstić information content (AvgIpc) is 2.35. The number of hydrogen-bond donors (Lipinski definition) is 1. The summed E-state index contributed by atoms with van der Waals surface area (Å²) in [5, 5.41) is 3.78. The van der Waals surface area contributed by atoms with E-state index in [-0.39, 0.29) is 0 Å². The van der Waals surface area contributed by atoms with Gasteiger partial charge in [0.1, 0.15) is 0 Å². The lowest BCUT2D eigenvalue weighted by Crippen LogP contribution is -2.53. The van der Waals surface area contributed by atoms with Crippen LogP contribution in [-0.2, 0) is 0 Å². The highest BCUT2D eigenvalue weighted by atomic mass is 32.2. The molecule has 0 radical (unpaired) electrons. The normalized spacial score (nSPS) is 33.5. The maximum absolute atomic E-state index is 3.78. The Balaban J connectivity index is 1.95. The average molecular weight is 270 g/mol. The first kappa shape index (κ1) is 14.7. The fourth-order valence-electron chi connectivity index (χ4n) is 3.76. The van der Waals surface area contributed by atoms with Gasteiger partial charge in [-0.15, -0.1) is 0 Å². The lowest BCUT2D eigenvalue weighted by atomic mass is 9.67. The smallest absolute Gasteiger partial charge is 0.0159 e. The first-order valence-electron chi connectivity index (χ1n) is 7.67. The van der Waals surface area contributed by atoms with Gasteiger partial charge in [-0.1, -0.05) is 27.2 Å². The summed E-state index contributed by atoms with van der Waals surface area (Å²) < 4.78 is 0. The molecule has 0 spiro atoms. The number of hydrogen-bond acceptors (Lipinski definition) is 3. The van der Waals surface area contributed by atoms with Crippen LogP contribution in [0.5, 0.6) is 0 Å². The molecule has 2 atom stereocenters. The van der Waals surface area contributed by atoms with Crippen molar-refractivity contribution in [3.8, 4) is 0 Å². The molecule has 1 saturated carbocycles. The van der Waals surface area contributed by atoms with Gasteiger partial charge in [-0.05, 0) is 30.7 Å². The van der Waals surface area contributed by atoms with E-state index in [1.54, 1.807) is 0 Å². The summed E-state index contributed by atoms with van der Waals surface area (Å²) in [5.41, 5.74) is 0.476. The summed E-state index contributed by atoms with van der Waals surface area (Å²) in [7, 11) is 0. The first-order valence-corrected chi connectivity index (χ1v) is 8.82. The Morgan fingerprint density at radius 1 is 1.28 bits per heavy atom. The quantitative estimate of drug-likeness (QED) is 0.846. The highest BCUT2D eigenvalue weighted by Crippen LogP contribution is 2.39. The molecule has 18 heavy (non-hydrogen) atoms. The zero-order valence-electron chi connectivity index (χ0n) is 12.4. The van der Waals surface area contributed by atoms with Gasteiger partial charge in [0.05, 0.1) is 0 Å². The molecule has 0 aromatic heterocycles. The van der Waals surface area contributed by atoms with Crippen molar-refractivity contribution in [1.82, 2.24) is 10.2 Å². The summed E-state index contributed by atoms with van der Waals surface area (Å²) >= 11 is 2.11. The fraction of sp³-hybridized carbons (Fsp3) is 1.00. The Bertz CT molecular complexity index is 249. The molecule has 2 rings (SSSR count). The third-order valence-electron chi connectivity index (χ3n) is 4.73. The van der Waals surface area contributed by atoms with Crippen molar-refractivity contribution < 1.29 is 0 Å². The Kier molecular flexibility index (Phi) is 5.40. The van der Waals surface area contributed by atoms with E-state index in [2.05, 4.69) is 42.7 Å². The van der Waals surface area contributed by atoms with Crippen molar-refractivity contribution in [2.75, 3.05) is 37.7 Å². The summed E-state index contributed by atoms with van der Waals surface area (Å²) in [6.07, 6.45) is 4.23. The molecule has 106 valence electrons. The molecule has 0 aromatic carbocycles. The molecule has 1 aliphatic heterocycles. The molecule has 0 bridgehead atoms. The molecule has 2 aliphatic rings. The molecule has 1 saturated heterocycles. The predicted octanol–water partition coefficient (Wildman–Crippen LogP) is 2.84. The summed E-state index contributed by atoms with van der Waals surface area (Å²) in [6, 6.07) is 0.714. The van der Waals surface area contributed by atoms with Crippen molar-refractivity contribution in [1.29, 1.82) is 0 Å². The monoisotopic (exact) mass is 270 g/mol. The van der Waals surface area contributed by atoms with Crippen LogP contribution in [0.3, 0.4) is 0 Å². The maximum atomic E-state index is 3.78. The minimum Gasteiger partial charge on any atom is -0.313 e. The van der Waals surface area contributed by atoms with Crippen LogP contribution >= 0.6 is 11.8 Å². The molecule has 2 nitrogen and oxygen atoms in total. The second kappa shape index (κ2) is 6.62. The van der Waals surface area contributed by atoms with E-state index in [0.29, 0.717) is 11.5 Å². The van der Waals surface area contributed by atoms with Crippen LogP contribution in [-0.4, -0.2) is 48.6 Å². The van der Waals surface area contributed by atoms with E-state index in [0.717, 1.165) is 12.5 Å². The number of nitrogens with one attached hydrogen (secondary N) is 1. The van der Waals surface area contributed by atoms with Crippen LogP contribution < -0.4 is 5.32 Å². The Labute approximate surface area is 117 Å². The van der Waals surface area contributed by atoms with E-state index >= 15 is 0 Å². The largest absolute Gasteiger partial charge is 0.313 e. The third-order valence-corrected chi connectivity index (χ3v) is 5.67. The Morgan fingerprint density at radius 2 is 2.00 bits per heavy atom. The zero-order chi connectivity index (χ0) is 13.0. The van der Waals surface area contributed by atoms with E-state index < -0.39 is 0 Å². The summed E-state index contributed by atoms with van der Waals surface area (Å²) in [6.45, 7) is 12.2. The van der Waals surface area contributed by atoms with Gasteiger partial charge in [-0.25, -0.2) is 0 Å². The Morgan fingerprint density at radius 3 is 2.67 bits per heavy atom. The molecule has 2 fully saturated rings. The van der Waals surface area contributed by atoms with Crippen LogP contribution in [0, 0.1) is 11.3 Å². The van der Waals surface area contributed by atoms with Gasteiger partial charge < -0.3 is 10.2 Å². The van der Waals surface area contributed by atoms with E-state index in [1.807, 2.05) is 0 Å². The minimum atomic E-state index is 0.476. The SMILES string of the molecule is CCNC1C(CN2CCSCC2)CCCC1(C)C. The number of rotatable bonds is 4. The lowest BCUT2D eigenvalue weighted by molar-refractivity contribution is 0.0824. The summed E-state index contributed by atoms with van der Waals surface area (Å²) in [4.78, 5) is 2.70. The van der Waals surface area contributed by atoms with Crippen LogP contribution in [0.4, 0.5) is 0 Å². The van der Waals surface area contributed by atoms with Crippen LogP contribution in [0.1, 0.15) is 40.0 Å². The van der Waals surface area contributed by atoms with Crippen molar-refractivity contribution in [3.63, 3.8) is 0 Å². The molecular weight excluding hydrogens is 240 g/mol. The van der Waals surface area contributed by atoms with Crippen molar-refractivity contribution in [3.05, 3.63) is 0 Å². The van der Waals surface area contributed by atoms with Gasteiger partial charge in [0.25, 0.3) is 0 Å². The van der Waals surface area contributed by atoms with E-state index in [1.165, 1.54) is 50.4 Å². The minimum absolute atomic E-state index is 0.476. The molecule has 0 aromatic rings. The van der Waals surface area contributed by atoms with Gasteiger partial charge >= 0.3 is 0 Å². The molecule has 3 heteroatoms. The van der Waals surface area contributed by atoms with Crippen molar-refractivity contribution >= 4 is 11.8 Å². The molecular formula is C15H30N2S. The van der Waals surface area contributed by atoms with Gasteiger partial charge in [-0.3, -0.25) is 0 Å². The molecule has 0 amide bonds. The van der Waals surface area contributed by atoms with E-state index in [9.17, 15) is 0 Å². The number of thioether (sulfide) groups is 1. The van der Waals surface area contributed by atoms with E-state index in [4.69, 9.17) is 0 Å². The molecule has 1 aliphatic carbocycles. The highest BCUT2D eigenvalue weighted by molar-refractivity contribution is 7.99.